The maximum atomic E-state index is 11.4. The number of fused-ring (bicyclic) bond motifs is 2. The van der Waals surface area contributed by atoms with Gasteiger partial charge in [0.25, 0.3) is 0 Å². The van der Waals surface area contributed by atoms with Gasteiger partial charge in [-0.05, 0) is 55.8 Å². The quantitative estimate of drug-likeness (QED) is 0.807. The van der Waals surface area contributed by atoms with Crippen LogP contribution < -0.4 is 5.32 Å². The molecule has 4 atom stereocenters. The Labute approximate surface area is 109 Å². The molecule has 3 aliphatic carbocycles. The van der Waals surface area contributed by atoms with Crippen molar-refractivity contribution >= 4 is 5.97 Å². The Balaban J connectivity index is 1.58. The molecule has 0 spiro atoms. The van der Waals surface area contributed by atoms with Gasteiger partial charge in [0.15, 0.2) is 0 Å². The number of rotatable bonds is 4. The fourth-order valence-corrected chi connectivity index (χ4v) is 4.50. The minimum absolute atomic E-state index is 0.109. The average Bonchev–Trinajstić information content (AvgIpc) is 2.81. The molecular formula is C15H25NO2. The highest BCUT2D eigenvalue weighted by Crippen LogP contribution is 2.49. The van der Waals surface area contributed by atoms with Crippen molar-refractivity contribution in [2.24, 2.45) is 29.6 Å². The van der Waals surface area contributed by atoms with Crippen LogP contribution in [0.3, 0.4) is 0 Å². The second-order valence-corrected chi connectivity index (χ2v) is 7.06. The molecule has 0 radical (unpaired) electrons. The molecule has 2 bridgehead atoms. The number of carboxylic acids is 1. The lowest BCUT2D eigenvalue weighted by Crippen LogP contribution is -2.53. The van der Waals surface area contributed by atoms with Gasteiger partial charge in [0.2, 0.25) is 0 Å². The fourth-order valence-electron chi connectivity index (χ4n) is 4.50. The van der Waals surface area contributed by atoms with E-state index in [2.05, 4.69) is 19.2 Å². The number of carbonyl (C=O) groups is 1. The summed E-state index contributed by atoms with van der Waals surface area (Å²) in [7, 11) is 0. The summed E-state index contributed by atoms with van der Waals surface area (Å²) in [6.45, 7) is 4.58. The molecule has 0 aliphatic heterocycles. The van der Waals surface area contributed by atoms with Crippen molar-refractivity contribution in [3.05, 3.63) is 0 Å². The van der Waals surface area contributed by atoms with E-state index in [1.807, 2.05) is 0 Å². The fraction of sp³-hybridized carbons (Fsp3) is 0.933. The Morgan fingerprint density at radius 3 is 2.44 bits per heavy atom. The molecule has 18 heavy (non-hydrogen) atoms. The van der Waals surface area contributed by atoms with Crippen molar-refractivity contribution < 1.29 is 9.90 Å². The Bertz CT molecular complexity index is 335. The zero-order valence-electron chi connectivity index (χ0n) is 11.4. The van der Waals surface area contributed by atoms with Crippen LogP contribution >= 0.6 is 0 Å². The number of hydrogen-bond acceptors (Lipinski definition) is 2. The summed E-state index contributed by atoms with van der Waals surface area (Å²) in [6, 6.07) is 0.850. The van der Waals surface area contributed by atoms with E-state index in [0.29, 0.717) is 17.9 Å². The zero-order chi connectivity index (χ0) is 12.9. The van der Waals surface area contributed by atoms with Gasteiger partial charge in [-0.15, -0.1) is 0 Å². The normalized spacial score (nSPS) is 46.4. The molecule has 3 fully saturated rings. The Morgan fingerprint density at radius 2 is 1.83 bits per heavy atom. The molecule has 3 aliphatic rings. The standard InChI is InChI=1S/C15H25NO2/c1-8(2)11-6-12(7-11)16-14-10-4-3-9(5-10)13(14)15(17)18/h8-14,16H,3-7H2,1-2H3,(H,17,18). The van der Waals surface area contributed by atoms with E-state index >= 15 is 0 Å². The predicted molar refractivity (Wildman–Crippen MR) is 70.2 cm³/mol. The number of nitrogens with one attached hydrogen (secondary N) is 1. The predicted octanol–water partition coefficient (Wildman–Crippen LogP) is 2.51. The smallest absolute Gasteiger partial charge is 0.308 e. The van der Waals surface area contributed by atoms with Crippen LogP contribution in [0.4, 0.5) is 0 Å². The SMILES string of the molecule is CC(C)C1CC(NC2C3CCC(C3)C2C(=O)O)C1. The molecule has 3 heteroatoms. The first-order valence-electron chi connectivity index (χ1n) is 7.55. The number of hydrogen-bond donors (Lipinski definition) is 2. The van der Waals surface area contributed by atoms with Crippen LogP contribution in [0.25, 0.3) is 0 Å². The van der Waals surface area contributed by atoms with Gasteiger partial charge in [-0.25, -0.2) is 0 Å². The largest absolute Gasteiger partial charge is 0.481 e. The highest BCUT2D eigenvalue weighted by molar-refractivity contribution is 5.72. The summed E-state index contributed by atoms with van der Waals surface area (Å²) < 4.78 is 0. The van der Waals surface area contributed by atoms with Crippen molar-refractivity contribution in [2.45, 2.75) is 58.0 Å². The van der Waals surface area contributed by atoms with Crippen LogP contribution in [-0.2, 0) is 4.79 Å². The van der Waals surface area contributed by atoms with Gasteiger partial charge in [0, 0.05) is 12.1 Å². The van der Waals surface area contributed by atoms with E-state index < -0.39 is 5.97 Å². The first-order valence-corrected chi connectivity index (χ1v) is 7.55. The molecule has 4 unspecified atom stereocenters. The van der Waals surface area contributed by atoms with Crippen molar-refractivity contribution in [3.63, 3.8) is 0 Å². The van der Waals surface area contributed by atoms with Crippen molar-refractivity contribution in [1.29, 1.82) is 0 Å². The van der Waals surface area contributed by atoms with Crippen LogP contribution in [0.15, 0.2) is 0 Å². The third kappa shape index (κ3) is 1.97. The zero-order valence-corrected chi connectivity index (χ0v) is 11.4. The lowest BCUT2D eigenvalue weighted by atomic mass is 9.72. The molecular weight excluding hydrogens is 226 g/mol. The van der Waals surface area contributed by atoms with Crippen molar-refractivity contribution in [2.75, 3.05) is 0 Å². The first kappa shape index (κ1) is 12.5. The van der Waals surface area contributed by atoms with E-state index in [4.69, 9.17) is 0 Å². The summed E-state index contributed by atoms with van der Waals surface area (Å²) in [5.74, 6) is 2.03. The Hall–Kier alpha value is -0.570. The van der Waals surface area contributed by atoms with Crippen LogP contribution in [-0.4, -0.2) is 23.2 Å². The highest BCUT2D eigenvalue weighted by atomic mass is 16.4. The topological polar surface area (TPSA) is 49.3 Å². The third-order valence-corrected chi connectivity index (χ3v) is 5.75. The molecule has 3 saturated carbocycles. The van der Waals surface area contributed by atoms with Crippen molar-refractivity contribution in [1.82, 2.24) is 5.32 Å². The van der Waals surface area contributed by atoms with Gasteiger partial charge < -0.3 is 10.4 Å². The number of carboxylic acid groups (broad SMARTS) is 1. The lowest BCUT2D eigenvalue weighted by Gasteiger charge is -2.42. The first-order chi connectivity index (χ1) is 8.56. The van der Waals surface area contributed by atoms with Gasteiger partial charge in [0.05, 0.1) is 5.92 Å². The van der Waals surface area contributed by atoms with E-state index in [1.165, 1.54) is 19.3 Å². The monoisotopic (exact) mass is 251 g/mol. The van der Waals surface area contributed by atoms with E-state index in [-0.39, 0.29) is 12.0 Å². The van der Waals surface area contributed by atoms with E-state index in [0.717, 1.165) is 24.7 Å². The van der Waals surface area contributed by atoms with E-state index in [1.54, 1.807) is 0 Å². The van der Waals surface area contributed by atoms with Gasteiger partial charge in [-0.3, -0.25) is 4.79 Å². The molecule has 0 aromatic rings. The van der Waals surface area contributed by atoms with Gasteiger partial charge in [0.1, 0.15) is 0 Å². The summed E-state index contributed by atoms with van der Waals surface area (Å²) in [5.41, 5.74) is 0. The molecule has 0 heterocycles. The second kappa shape index (κ2) is 4.52. The summed E-state index contributed by atoms with van der Waals surface area (Å²) >= 11 is 0. The van der Waals surface area contributed by atoms with Crippen LogP contribution in [0.1, 0.15) is 46.0 Å². The molecule has 0 aromatic heterocycles. The molecule has 0 amide bonds. The molecule has 3 rings (SSSR count). The van der Waals surface area contributed by atoms with Crippen LogP contribution in [0.2, 0.25) is 0 Å². The Kier molecular flexibility index (Phi) is 3.13. The minimum atomic E-state index is -0.570. The summed E-state index contributed by atoms with van der Waals surface area (Å²) in [6.07, 6.45) is 6.02. The summed E-state index contributed by atoms with van der Waals surface area (Å²) in [5, 5.41) is 13.1. The third-order valence-electron chi connectivity index (χ3n) is 5.75. The second-order valence-electron chi connectivity index (χ2n) is 7.06. The maximum Gasteiger partial charge on any atom is 0.308 e. The molecule has 0 aromatic carbocycles. The summed E-state index contributed by atoms with van der Waals surface area (Å²) in [4.78, 5) is 11.4. The molecule has 2 N–H and O–H groups in total. The maximum absolute atomic E-state index is 11.4. The lowest BCUT2D eigenvalue weighted by molar-refractivity contribution is -0.144. The highest BCUT2D eigenvalue weighted by Gasteiger charge is 2.52. The van der Waals surface area contributed by atoms with Crippen molar-refractivity contribution in [3.8, 4) is 0 Å². The van der Waals surface area contributed by atoms with Gasteiger partial charge in [-0.2, -0.15) is 0 Å². The van der Waals surface area contributed by atoms with Gasteiger partial charge >= 0.3 is 5.97 Å². The minimum Gasteiger partial charge on any atom is -0.481 e. The average molecular weight is 251 g/mol. The van der Waals surface area contributed by atoms with Crippen LogP contribution in [0.5, 0.6) is 0 Å². The molecule has 0 saturated heterocycles. The van der Waals surface area contributed by atoms with Crippen LogP contribution in [0, 0.1) is 29.6 Å². The number of aliphatic carboxylic acids is 1. The molecule has 102 valence electrons. The van der Waals surface area contributed by atoms with E-state index in [9.17, 15) is 9.90 Å². The van der Waals surface area contributed by atoms with Gasteiger partial charge in [-0.1, -0.05) is 13.8 Å². The molecule has 3 nitrogen and oxygen atoms in total. The Morgan fingerprint density at radius 1 is 1.17 bits per heavy atom.